The summed E-state index contributed by atoms with van der Waals surface area (Å²) in [5.41, 5.74) is 3.14. The molecule has 2 aromatic rings. The summed E-state index contributed by atoms with van der Waals surface area (Å²) in [5.74, 6) is 0.644. The molecule has 0 spiro atoms. The zero-order valence-electron chi connectivity index (χ0n) is 15.1. The molecule has 1 aliphatic heterocycles. The Labute approximate surface area is 156 Å². The average molecular weight is 362 g/mol. The second kappa shape index (κ2) is 6.44. The summed E-state index contributed by atoms with van der Waals surface area (Å²) in [5, 5.41) is 9.38. The third-order valence-corrected chi connectivity index (χ3v) is 5.36. The standard InChI is InChI=1S/C21H18N2O4/c1-26-18-9-12(11-22)19(27-2)14-8-7-13(10-17(14)18)23-20(24)15-5-3-4-6-16(15)21(23)25/h3-6,9,13H,7-8,10H2,1-2H3. The number of imide groups is 1. The van der Waals surface area contributed by atoms with Gasteiger partial charge < -0.3 is 9.47 Å². The van der Waals surface area contributed by atoms with Crippen LogP contribution in [0.5, 0.6) is 11.5 Å². The molecule has 0 fully saturated rings. The van der Waals surface area contributed by atoms with Gasteiger partial charge in [0, 0.05) is 23.2 Å². The second-order valence-corrected chi connectivity index (χ2v) is 6.65. The lowest BCUT2D eigenvalue weighted by Crippen LogP contribution is -2.43. The molecule has 0 radical (unpaired) electrons. The first-order valence-corrected chi connectivity index (χ1v) is 8.74. The van der Waals surface area contributed by atoms with Crippen molar-refractivity contribution in [3.05, 3.63) is 58.1 Å². The van der Waals surface area contributed by atoms with Crippen molar-refractivity contribution in [3.63, 3.8) is 0 Å². The van der Waals surface area contributed by atoms with Gasteiger partial charge in [-0.05, 0) is 31.4 Å². The molecule has 6 nitrogen and oxygen atoms in total. The number of hydrogen-bond acceptors (Lipinski definition) is 5. The van der Waals surface area contributed by atoms with Gasteiger partial charge in [-0.2, -0.15) is 5.26 Å². The molecule has 2 aromatic carbocycles. The lowest BCUT2D eigenvalue weighted by molar-refractivity contribution is 0.0570. The van der Waals surface area contributed by atoms with Gasteiger partial charge in [0.2, 0.25) is 0 Å². The Bertz CT molecular complexity index is 971. The summed E-state index contributed by atoms with van der Waals surface area (Å²) >= 11 is 0. The summed E-state index contributed by atoms with van der Waals surface area (Å²) in [6.07, 6.45) is 1.70. The van der Waals surface area contributed by atoms with E-state index in [1.165, 1.54) is 4.90 Å². The molecule has 0 saturated carbocycles. The fourth-order valence-electron chi connectivity index (χ4n) is 4.13. The Kier molecular flexibility index (Phi) is 4.08. The van der Waals surface area contributed by atoms with E-state index in [1.54, 1.807) is 44.6 Å². The number of nitriles is 1. The molecular formula is C21H18N2O4. The maximum atomic E-state index is 12.8. The summed E-state index contributed by atoms with van der Waals surface area (Å²) in [7, 11) is 3.09. The molecule has 1 aliphatic carbocycles. The maximum absolute atomic E-state index is 12.8. The first kappa shape index (κ1) is 17.1. The smallest absolute Gasteiger partial charge is 0.261 e. The molecule has 4 rings (SSSR count). The highest BCUT2D eigenvalue weighted by molar-refractivity contribution is 6.21. The molecule has 1 unspecified atom stereocenters. The van der Waals surface area contributed by atoms with Crippen LogP contribution < -0.4 is 9.47 Å². The van der Waals surface area contributed by atoms with Gasteiger partial charge in [-0.25, -0.2) is 0 Å². The van der Waals surface area contributed by atoms with E-state index in [0.717, 1.165) is 11.1 Å². The highest BCUT2D eigenvalue weighted by atomic mass is 16.5. The molecule has 0 N–H and O–H groups in total. The zero-order valence-corrected chi connectivity index (χ0v) is 15.1. The number of fused-ring (bicyclic) bond motifs is 2. The van der Waals surface area contributed by atoms with Crippen molar-refractivity contribution >= 4 is 11.8 Å². The van der Waals surface area contributed by atoms with Gasteiger partial charge >= 0.3 is 0 Å². The topological polar surface area (TPSA) is 79.6 Å². The van der Waals surface area contributed by atoms with Crippen LogP contribution in [0.4, 0.5) is 0 Å². The second-order valence-electron chi connectivity index (χ2n) is 6.65. The Morgan fingerprint density at radius 3 is 2.30 bits per heavy atom. The average Bonchev–Trinajstić information content (AvgIpc) is 2.97. The van der Waals surface area contributed by atoms with Crippen LogP contribution in [-0.2, 0) is 12.8 Å². The van der Waals surface area contributed by atoms with Crippen LogP contribution in [0.25, 0.3) is 0 Å². The Hall–Kier alpha value is -3.33. The van der Waals surface area contributed by atoms with Gasteiger partial charge in [-0.1, -0.05) is 12.1 Å². The van der Waals surface area contributed by atoms with Crippen LogP contribution in [0.1, 0.15) is 43.8 Å². The minimum Gasteiger partial charge on any atom is -0.496 e. The maximum Gasteiger partial charge on any atom is 0.261 e. The van der Waals surface area contributed by atoms with E-state index in [-0.39, 0.29) is 17.9 Å². The third kappa shape index (κ3) is 2.47. The molecule has 0 bridgehead atoms. The fourth-order valence-corrected chi connectivity index (χ4v) is 4.13. The molecule has 27 heavy (non-hydrogen) atoms. The van der Waals surface area contributed by atoms with Crippen molar-refractivity contribution < 1.29 is 19.1 Å². The predicted molar refractivity (Wildman–Crippen MR) is 97.0 cm³/mol. The Balaban J connectivity index is 1.74. The van der Waals surface area contributed by atoms with Crippen LogP contribution in [0.15, 0.2) is 30.3 Å². The Morgan fingerprint density at radius 1 is 1.07 bits per heavy atom. The minimum atomic E-state index is -0.253. The number of methoxy groups -OCH3 is 2. The van der Waals surface area contributed by atoms with E-state index < -0.39 is 0 Å². The van der Waals surface area contributed by atoms with E-state index in [9.17, 15) is 14.9 Å². The van der Waals surface area contributed by atoms with Gasteiger partial charge in [0.25, 0.3) is 11.8 Å². The van der Waals surface area contributed by atoms with Crippen molar-refractivity contribution in [1.29, 1.82) is 5.26 Å². The Morgan fingerprint density at radius 2 is 1.74 bits per heavy atom. The summed E-state index contributed by atoms with van der Waals surface area (Å²) < 4.78 is 10.9. The van der Waals surface area contributed by atoms with Crippen molar-refractivity contribution in [1.82, 2.24) is 4.90 Å². The molecule has 0 saturated heterocycles. The molecule has 2 amide bonds. The molecule has 6 heteroatoms. The van der Waals surface area contributed by atoms with E-state index in [2.05, 4.69) is 6.07 Å². The van der Waals surface area contributed by atoms with Gasteiger partial charge in [-0.3, -0.25) is 14.5 Å². The van der Waals surface area contributed by atoms with Crippen molar-refractivity contribution in [3.8, 4) is 17.6 Å². The first-order chi connectivity index (χ1) is 13.1. The third-order valence-electron chi connectivity index (χ3n) is 5.36. The van der Waals surface area contributed by atoms with Crippen LogP contribution in [0.3, 0.4) is 0 Å². The van der Waals surface area contributed by atoms with Gasteiger partial charge in [-0.15, -0.1) is 0 Å². The molecular weight excluding hydrogens is 344 g/mol. The lowest BCUT2D eigenvalue weighted by atomic mass is 9.85. The van der Waals surface area contributed by atoms with Gasteiger partial charge in [0.1, 0.15) is 17.6 Å². The lowest BCUT2D eigenvalue weighted by Gasteiger charge is -2.32. The largest absolute Gasteiger partial charge is 0.496 e. The molecule has 2 aliphatic rings. The number of hydrogen-bond donors (Lipinski definition) is 0. The van der Waals surface area contributed by atoms with Crippen molar-refractivity contribution in [2.75, 3.05) is 14.2 Å². The van der Waals surface area contributed by atoms with Gasteiger partial charge in [0.15, 0.2) is 0 Å². The molecule has 1 atom stereocenters. The highest BCUT2D eigenvalue weighted by Crippen LogP contribution is 2.41. The SMILES string of the molecule is COc1cc(C#N)c(OC)c2c1CC(N1C(=O)c3ccccc3C1=O)CC2. The molecule has 0 aromatic heterocycles. The summed E-state index contributed by atoms with van der Waals surface area (Å²) in [6.45, 7) is 0. The van der Waals surface area contributed by atoms with Crippen molar-refractivity contribution in [2.24, 2.45) is 0 Å². The molecule has 1 heterocycles. The summed E-state index contributed by atoms with van der Waals surface area (Å²) in [4.78, 5) is 27.0. The van der Waals surface area contributed by atoms with Crippen LogP contribution in [0, 0.1) is 11.3 Å². The zero-order chi connectivity index (χ0) is 19.1. The monoisotopic (exact) mass is 362 g/mol. The van der Waals surface area contributed by atoms with Crippen LogP contribution in [0.2, 0.25) is 0 Å². The van der Waals surface area contributed by atoms with E-state index in [4.69, 9.17) is 9.47 Å². The van der Waals surface area contributed by atoms with Crippen LogP contribution >= 0.6 is 0 Å². The highest BCUT2D eigenvalue weighted by Gasteiger charge is 2.41. The van der Waals surface area contributed by atoms with Crippen LogP contribution in [-0.4, -0.2) is 37.0 Å². The predicted octanol–water partition coefficient (Wildman–Crippen LogP) is 2.73. The van der Waals surface area contributed by atoms with E-state index in [0.29, 0.717) is 47.5 Å². The van der Waals surface area contributed by atoms with Gasteiger partial charge in [0.05, 0.1) is 30.9 Å². The molecule has 136 valence electrons. The summed E-state index contributed by atoms with van der Waals surface area (Å²) in [6, 6.07) is 10.5. The first-order valence-electron chi connectivity index (χ1n) is 8.74. The number of ether oxygens (including phenoxy) is 2. The minimum absolute atomic E-state index is 0.247. The van der Waals surface area contributed by atoms with E-state index >= 15 is 0 Å². The number of amides is 2. The number of carbonyl (C=O) groups is 2. The number of carbonyl (C=O) groups excluding carboxylic acids is 2. The number of benzene rings is 2. The number of rotatable bonds is 3. The van der Waals surface area contributed by atoms with Crippen molar-refractivity contribution in [2.45, 2.75) is 25.3 Å². The van der Waals surface area contributed by atoms with E-state index in [1.807, 2.05) is 0 Å². The quantitative estimate of drug-likeness (QED) is 0.785. The number of nitrogens with zero attached hydrogens (tertiary/aromatic N) is 2. The normalized spacial score (nSPS) is 18.0. The fraction of sp³-hybridized carbons (Fsp3) is 0.286.